The molecule has 0 fully saturated rings. The molecule has 0 aliphatic carbocycles. The van der Waals surface area contributed by atoms with E-state index in [-0.39, 0.29) is 5.56 Å². The number of hydrogen-bond acceptors (Lipinski definition) is 3. The molecular formula is C15H16FNO2S. The summed E-state index contributed by atoms with van der Waals surface area (Å²) < 4.78 is 13.3. The van der Waals surface area contributed by atoms with E-state index in [1.165, 1.54) is 23.1 Å². The highest BCUT2D eigenvalue weighted by Gasteiger charge is 2.12. The van der Waals surface area contributed by atoms with Crippen LogP contribution < -0.4 is 0 Å². The van der Waals surface area contributed by atoms with Gasteiger partial charge in [0.05, 0.1) is 5.56 Å². The molecule has 0 aliphatic heterocycles. The molecule has 2 aromatic rings. The average molecular weight is 293 g/mol. The summed E-state index contributed by atoms with van der Waals surface area (Å²) in [4.78, 5) is 14.4. The van der Waals surface area contributed by atoms with Crippen molar-refractivity contribution in [2.24, 2.45) is 0 Å². The number of rotatable bonds is 6. The van der Waals surface area contributed by atoms with E-state index in [0.717, 1.165) is 13.0 Å². The Morgan fingerprint density at radius 1 is 1.40 bits per heavy atom. The number of likely N-dealkylation sites (N-methyl/N-ethyl adjacent to an activating group) is 1. The molecule has 20 heavy (non-hydrogen) atoms. The van der Waals surface area contributed by atoms with E-state index in [1.54, 1.807) is 11.3 Å². The second-order valence-electron chi connectivity index (χ2n) is 4.67. The van der Waals surface area contributed by atoms with Crippen LogP contribution in [-0.2, 0) is 13.0 Å². The van der Waals surface area contributed by atoms with Crippen molar-refractivity contribution in [2.75, 3.05) is 13.6 Å². The van der Waals surface area contributed by atoms with Gasteiger partial charge in [0, 0.05) is 18.0 Å². The third-order valence-electron chi connectivity index (χ3n) is 3.06. The second-order valence-corrected chi connectivity index (χ2v) is 5.71. The molecule has 0 aliphatic rings. The summed E-state index contributed by atoms with van der Waals surface area (Å²) >= 11 is 1.70. The molecule has 2 rings (SSSR count). The Hall–Kier alpha value is -1.72. The molecule has 0 radical (unpaired) electrons. The van der Waals surface area contributed by atoms with Gasteiger partial charge < -0.3 is 10.0 Å². The number of nitrogens with zero attached hydrogens (tertiary/aromatic N) is 1. The lowest BCUT2D eigenvalue weighted by Crippen LogP contribution is -2.22. The Morgan fingerprint density at radius 2 is 2.20 bits per heavy atom. The minimum absolute atomic E-state index is 0.161. The van der Waals surface area contributed by atoms with Gasteiger partial charge >= 0.3 is 5.97 Å². The Bertz CT molecular complexity index is 584. The average Bonchev–Trinajstić information content (AvgIpc) is 2.89. The van der Waals surface area contributed by atoms with Crippen molar-refractivity contribution >= 4 is 17.3 Å². The lowest BCUT2D eigenvalue weighted by molar-refractivity contribution is 0.0694. The van der Waals surface area contributed by atoms with E-state index in [2.05, 4.69) is 6.07 Å². The third kappa shape index (κ3) is 3.88. The number of halogens is 1. The Kier molecular flexibility index (Phi) is 4.87. The van der Waals surface area contributed by atoms with Crippen LogP contribution in [0.5, 0.6) is 0 Å². The lowest BCUT2D eigenvalue weighted by atomic mass is 10.1. The minimum Gasteiger partial charge on any atom is -0.478 e. The molecular weight excluding hydrogens is 277 g/mol. The maximum atomic E-state index is 13.3. The number of benzene rings is 1. The number of carboxylic acid groups (broad SMARTS) is 1. The topological polar surface area (TPSA) is 40.5 Å². The highest BCUT2D eigenvalue weighted by atomic mass is 32.1. The van der Waals surface area contributed by atoms with Crippen molar-refractivity contribution in [3.8, 4) is 0 Å². The zero-order chi connectivity index (χ0) is 14.5. The smallest absolute Gasteiger partial charge is 0.336 e. The summed E-state index contributed by atoms with van der Waals surface area (Å²) in [5.74, 6) is -1.43. The number of carboxylic acids is 1. The first-order valence-electron chi connectivity index (χ1n) is 6.29. The van der Waals surface area contributed by atoms with Gasteiger partial charge in [-0.15, -0.1) is 11.3 Å². The van der Waals surface area contributed by atoms with Gasteiger partial charge in [-0.2, -0.15) is 0 Å². The van der Waals surface area contributed by atoms with E-state index in [9.17, 15) is 9.18 Å². The van der Waals surface area contributed by atoms with Crippen LogP contribution in [0, 0.1) is 5.82 Å². The quantitative estimate of drug-likeness (QED) is 0.888. The summed E-state index contributed by atoms with van der Waals surface area (Å²) in [5, 5.41) is 11.1. The first kappa shape index (κ1) is 14.7. The van der Waals surface area contributed by atoms with Gasteiger partial charge in [0.15, 0.2) is 0 Å². The molecule has 1 aromatic carbocycles. The summed E-state index contributed by atoms with van der Waals surface area (Å²) in [6, 6.07) is 7.88. The van der Waals surface area contributed by atoms with Crippen molar-refractivity contribution in [1.29, 1.82) is 0 Å². The van der Waals surface area contributed by atoms with Crippen LogP contribution in [0.2, 0.25) is 0 Å². The fourth-order valence-corrected chi connectivity index (χ4v) is 2.73. The van der Waals surface area contributed by atoms with Crippen LogP contribution in [0.4, 0.5) is 4.39 Å². The van der Waals surface area contributed by atoms with Gasteiger partial charge in [-0.1, -0.05) is 6.07 Å². The Balaban J connectivity index is 2.01. The summed E-state index contributed by atoms with van der Waals surface area (Å²) in [7, 11) is 1.91. The van der Waals surface area contributed by atoms with Crippen LogP contribution in [0.15, 0.2) is 35.7 Å². The summed E-state index contributed by atoms with van der Waals surface area (Å²) in [5.41, 5.74) is 0.667. The Labute approximate surface area is 121 Å². The summed E-state index contributed by atoms with van der Waals surface area (Å²) in [6.45, 7) is 1.22. The van der Waals surface area contributed by atoms with E-state index in [4.69, 9.17) is 5.11 Å². The fourth-order valence-electron chi connectivity index (χ4n) is 2.03. The van der Waals surface area contributed by atoms with Gasteiger partial charge in [0.25, 0.3) is 0 Å². The zero-order valence-electron chi connectivity index (χ0n) is 11.2. The molecule has 1 heterocycles. The van der Waals surface area contributed by atoms with E-state index < -0.39 is 11.8 Å². The van der Waals surface area contributed by atoms with E-state index in [1.807, 2.05) is 23.4 Å². The van der Waals surface area contributed by atoms with Crippen LogP contribution in [0.1, 0.15) is 20.8 Å². The first-order valence-corrected chi connectivity index (χ1v) is 7.17. The molecule has 1 N–H and O–H groups in total. The van der Waals surface area contributed by atoms with Crippen molar-refractivity contribution in [2.45, 2.75) is 13.0 Å². The maximum Gasteiger partial charge on any atom is 0.336 e. The fraction of sp³-hybridized carbons (Fsp3) is 0.267. The molecule has 0 spiro atoms. The monoisotopic (exact) mass is 293 g/mol. The molecule has 1 aromatic heterocycles. The SMILES string of the molecule is CN(CCc1cccs1)Cc1cc(F)ccc1C(=O)O. The highest BCUT2D eigenvalue weighted by molar-refractivity contribution is 7.09. The van der Waals surface area contributed by atoms with Crippen molar-refractivity contribution in [1.82, 2.24) is 4.90 Å². The van der Waals surface area contributed by atoms with Crippen molar-refractivity contribution in [3.05, 3.63) is 57.5 Å². The van der Waals surface area contributed by atoms with Gasteiger partial charge in [-0.25, -0.2) is 9.18 Å². The van der Waals surface area contributed by atoms with Crippen LogP contribution >= 0.6 is 11.3 Å². The van der Waals surface area contributed by atoms with Gasteiger partial charge in [-0.05, 0) is 48.7 Å². The van der Waals surface area contributed by atoms with Gasteiger partial charge in [0.1, 0.15) is 5.82 Å². The number of hydrogen-bond donors (Lipinski definition) is 1. The molecule has 106 valence electrons. The molecule has 0 unspecified atom stereocenters. The van der Waals surface area contributed by atoms with E-state index >= 15 is 0 Å². The molecule has 0 saturated heterocycles. The van der Waals surface area contributed by atoms with Gasteiger partial charge in [0.2, 0.25) is 0 Å². The van der Waals surface area contributed by atoms with Crippen molar-refractivity contribution < 1.29 is 14.3 Å². The molecule has 0 bridgehead atoms. The molecule has 3 nitrogen and oxygen atoms in total. The second kappa shape index (κ2) is 6.63. The molecule has 0 atom stereocenters. The lowest BCUT2D eigenvalue weighted by Gasteiger charge is -2.17. The van der Waals surface area contributed by atoms with Crippen LogP contribution in [0.25, 0.3) is 0 Å². The highest BCUT2D eigenvalue weighted by Crippen LogP contribution is 2.15. The largest absolute Gasteiger partial charge is 0.478 e. The summed E-state index contributed by atoms with van der Waals surface area (Å²) in [6.07, 6.45) is 0.909. The normalized spacial score (nSPS) is 10.9. The standard InChI is InChI=1S/C15H16FNO2S/c1-17(7-6-13-3-2-8-20-13)10-11-9-12(16)4-5-14(11)15(18)19/h2-5,8-9H,6-7,10H2,1H3,(H,18,19). The Morgan fingerprint density at radius 3 is 2.85 bits per heavy atom. The predicted molar refractivity (Wildman–Crippen MR) is 77.7 cm³/mol. The minimum atomic E-state index is -1.02. The first-order chi connectivity index (χ1) is 9.56. The van der Waals surface area contributed by atoms with Crippen LogP contribution in [0.3, 0.4) is 0 Å². The van der Waals surface area contributed by atoms with E-state index in [0.29, 0.717) is 12.1 Å². The third-order valence-corrected chi connectivity index (χ3v) is 3.99. The molecule has 0 saturated carbocycles. The predicted octanol–water partition coefficient (Wildman–Crippen LogP) is 3.26. The maximum absolute atomic E-state index is 13.3. The number of thiophene rings is 1. The number of carbonyl (C=O) groups is 1. The van der Waals surface area contributed by atoms with Crippen LogP contribution in [-0.4, -0.2) is 29.6 Å². The molecule has 5 heteroatoms. The zero-order valence-corrected chi connectivity index (χ0v) is 12.0. The van der Waals surface area contributed by atoms with Gasteiger partial charge in [-0.3, -0.25) is 0 Å². The molecule has 0 amide bonds. The number of aromatic carboxylic acids is 1. The van der Waals surface area contributed by atoms with Crippen molar-refractivity contribution in [3.63, 3.8) is 0 Å².